The molecule has 1 fully saturated rings. The zero-order valence-corrected chi connectivity index (χ0v) is 13.2. The van der Waals surface area contributed by atoms with Crippen LogP contribution in [0.1, 0.15) is 83.5 Å². The van der Waals surface area contributed by atoms with E-state index in [4.69, 9.17) is 9.47 Å². The fraction of sp³-hybridized carbons (Fsp3) is 0.882. The number of ether oxygens (including phenoxy) is 2. The summed E-state index contributed by atoms with van der Waals surface area (Å²) >= 11 is 0. The SMILES string of the molecule is O=C1CCCCCC(=O)OCCCCCCCCCCO1. The Balaban J connectivity index is 2.19. The Morgan fingerprint density at radius 3 is 1.24 bits per heavy atom. The summed E-state index contributed by atoms with van der Waals surface area (Å²) in [4.78, 5) is 22.9. The maximum Gasteiger partial charge on any atom is 0.305 e. The first-order chi connectivity index (χ1) is 10.3. The lowest BCUT2D eigenvalue weighted by atomic mass is 10.1. The van der Waals surface area contributed by atoms with Crippen LogP contribution in [0.2, 0.25) is 0 Å². The van der Waals surface area contributed by atoms with Crippen molar-refractivity contribution in [1.29, 1.82) is 0 Å². The second-order valence-corrected chi connectivity index (χ2v) is 5.83. The molecule has 1 aliphatic rings. The first-order valence-corrected chi connectivity index (χ1v) is 8.60. The molecular weight excluding hydrogens is 268 g/mol. The highest BCUT2D eigenvalue weighted by Crippen LogP contribution is 2.10. The zero-order valence-electron chi connectivity index (χ0n) is 13.2. The lowest BCUT2D eigenvalue weighted by Gasteiger charge is -2.05. The summed E-state index contributed by atoms with van der Waals surface area (Å²) in [5.74, 6) is -0.203. The molecule has 0 N–H and O–H groups in total. The summed E-state index contributed by atoms with van der Waals surface area (Å²) in [6.07, 6.45) is 12.6. The normalized spacial score (nSPS) is 22.3. The Bertz CT molecular complexity index is 261. The van der Waals surface area contributed by atoms with Crippen LogP contribution in [0.25, 0.3) is 0 Å². The molecule has 0 saturated carbocycles. The van der Waals surface area contributed by atoms with Crippen LogP contribution < -0.4 is 0 Å². The number of rotatable bonds is 0. The summed E-state index contributed by atoms with van der Waals surface area (Å²) in [6.45, 7) is 1.12. The van der Waals surface area contributed by atoms with Crippen molar-refractivity contribution in [3.8, 4) is 0 Å². The van der Waals surface area contributed by atoms with Gasteiger partial charge in [0.2, 0.25) is 0 Å². The van der Waals surface area contributed by atoms with Gasteiger partial charge in [0.15, 0.2) is 0 Å². The van der Waals surface area contributed by atoms with Gasteiger partial charge in [0.05, 0.1) is 13.2 Å². The molecule has 0 atom stereocenters. The highest BCUT2D eigenvalue weighted by molar-refractivity contribution is 5.69. The van der Waals surface area contributed by atoms with Crippen molar-refractivity contribution in [2.75, 3.05) is 13.2 Å². The van der Waals surface area contributed by atoms with E-state index < -0.39 is 0 Å². The fourth-order valence-corrected chi connectivity index (χ4v) is 2.50. The summed E-state index contributed by atoms with van der Waals surface area (Å²) in [6, 6.07) is 0. The molecule has 122 valence electrons. The number of hydrogen-bond donors (Lipinski definition) is 0. The van der Waals surface area contributed by atoms with E-state index in [9.17, 15) is 9.59 Å². The molecule has 1 saturated heterocycles. The third-order valence-electron chi connectivity index (χ3n) is 3.83. The van der Waals surface area contributed by atoms with Crippen LogP contribution >= 0.6 is 0 Å². The van der Waals surface area contributed by atoms with Gasteiger partial charge in [-0.05, 0) is 25.7 Å². The molecule has 0 aromatic rings. The van der Waals surface area contributed by atoms with Crippen molar-refractivity contribution in [1.82, 2.24) is 0 Å². The minimum Gasteiger partial charge on any atom is -0.466 e. The van der Waals surface area contributed by atoms with Crippen LogP contribution in [0, 0.1) is 0 Å². The molecule has 0 aromatic heterocycles. The van der Waals surface area contributed by atoms with Crippen LogP contribution in [0.5, 0.6) is 0 Å². The first-order valence-electron chi connectivity index (χ1n) is 8.60. The molecule has 0 aliphatic carbocycles. The van der Waals surface area contributed by atoms with Gasteiger partial charge in [0.25, 0.3) is 0 Å². The van der Waals surface area contributed by atoms with Gasteiger partial charge in [-0.3, -0.25) is 9.59 Å². The summed E-state index contributed by atoms with van der Waals surface area (Å²) < 4.78 is 10.4. The maximum atomic E-state index is 11.5. The van der Waals surface area contributed by atoms with E-state index in [1.54, 1.807) is 0 Å². The summed E-state index contributed by atoms with van der Waals surface area (Å²) in [7, 11) is 0. The molecule has 4 heteroatoms. The molecule has 0 amide bonds. The van der Waals surface area contributed by atoms with Gasteiger partial charge >= 0.3 is 11.9 Å². The second-order valence-electron chi connectivity index (χ2n) is 5.83. The van der Waals surface area contributed by atoms with Gasteiger partial charge in [0, 0.05) is 12.8 Å². The zero-order chi connectivity index (χ0) is 15.2. The number of hydrogen-bond acceptors (Lipinski definition) is 4. The van der Waals surface area contributed by atoms with E-state index >= 15 is 0 Å². The van der Waals surface area contributed by atoms with E-state index in [0.29, 0.717) is 26.1 Å². The quantitative estimate of drug-likeness (QED) is 0.630. The number of esters is 2. The van der Waals surface area contributed by atoms with Crippen LogP contribution in [-0.2, 0) is 19.1 Å². The Morgan fingerprint density at radius 1 is 0.476 bits per heavy atom. The number of carbonyl (C=O) groups is 2. The Morgan fingerprint density at radius 2 is 0.810 bits per heavy atom. The summed E-state index contributed by atoms with van der Waals surface area (Å²) in [5.41, 5.74) is 0. The Labute approximate surface area is 128 Å². The molecule has 0 bridgehead atoms. The van der Waals surface area contributed by atoms with Gasteiger partial charge < -0.3 is 9.47 Å². The van der Waals surface area contributed by atoms with Crippen molar-refractivity contribution in [3.63, 3.8) is 0 Å². The predicted molar refractivity (Wildman–Crippen MR) is 81.9 cm³/mol. The lowest BCUT2D eigenvalue weighted by Crippen LogP contribution is -2.07. The van der Waals surface area contributed by atoms with Crippen LogP contribution in [0.3, 0.4) is 0 Å². The van der Waals surface area contributed by atoms with E-state index in [1.807, 2.05) is 0 Å². The lowest BCUT2D eigenvalue weighted by molar-refractivity contribution is -0.144. The molecule has 21 heavy (non-hydrogen) atoms. The van der Waals surface area contributed by atoms with Gasteiger partial charge in [-0.2, -0.15) is 0 Å². The predicted octanol–water partition coefficient (Wildman–Crippen LogP) is 4.16. The minimum atomic E-state index is -0.101. The fourth-order valence-electron chi connectivity index (χ4n) is 2.50. The van der Waals surface area contributed by atoms with Gasteiger partial charge in [-0.15, -0.1) is 0 Å². The van der Waals surface area contributed by atoms with Crippen LogP contribution in [0.4, 0.5) is 0 Å². The van der Waals surface area contributed by atoms with Crippen molar-refractivity contribution in [2.24, 2.45) is 0 Å². The summed E-state index contributed by atoms with van der Waals surface area (Å²) in [5, 5.41) is 0. The Hall–Kier alpha value is -1.06. The van der Waals surface area contributed by atoms with E-state index in [-0.39, 0.29) is 11.9 Å². The topological polar surface area (TPSA) is 52.6 Å². The average Bonchev–Trinajstić information content (AvgIpc) is 2.47. The third kappa shape index (κ3) is 11.3. The molecule has 0 aromatic carbocycles. The molecule has 1 aliphatic heterocycles. The van der Waals surface area contributed by atoms with Crippen LogP contribution in [0.15, 0.2) is 0 Å². The first kappa shape index (κ1) is 18.0. The number of cyclic esters (lactones) is 2. The molecule has 0 radical (unpaired) electrons. The van der Waals surface area contributed by atoms with Crippen molar-refractivity contribution in [2.45, 2.75) is 83.5 Å². The van der Waals surface area contributed by atoms with Gasteiger partial charge in [-0.25, -0.2) is 0 Å². The van der Waals surface area contributed by atoms with E-state index in [1.165, 1.54) is 25.7 Å². The molecule has 0 spiro atoms. The van der Waals surface area contributed by atoms with E-state index in [0.717, 1.165) is 44.9 Å². The monoisotopic (exact) mass is 298 g/mol. The molecule has 4 nitrogen and oxygen atoms in total. The van der Waals surface area contributed by atoms with E-state index in [2.05, 4.69) is 0 Å². The van der Waals surface area contributed by atoms with Crippen molar-refractivity contribution < 1.29 is 19.1 Å². The second kappa shape index (κ2) is 12.7. The Kier molecular flexibility index (Phi) is 10.8. The third-order valence-corrected chi connectivity index (χ3v) is 3.83. The standard InChI is InChI=1S/C17H30O4/c18-16-12-8-7-9-13-17(19)21-15-11-6-4-2-1-3-5-10-14-20-16/h1-15H2. The molecular formula is C17H30O4. The molecule has 0 unspecified atom stereocenters. The highest BCUT2D eigenvalue weighted by Gasteiger charge is 2.05. The minimum absolute atomic E-state index is 0.101. The van der Waals surface area contributed by atoms with Crippen LogP contribution in [-0.4, -0.2) is 25.2 Å². The van der Waals surface area contributed by atoms with Gasteiger partial charge in [-0.1, -0.05) is 44.9 Å². The molecule has 1 heterocycles. The average molecular weight is 298 g/mol. The molecule has 1 rings (SSSR count). The van der Waals surface area contributed by atoms with Crippen molar-refractivity contribution in [3.05, 3.63) is 0 Å². The van der Waals surface area contributed by atoms with Crippen molar-refractivity contribution >= 4 is 11.9 Å². The highest BCUT2D eigenvalue weighted by atomic mass is 16.5. The maximum absolute atomic E-state index is 11.5. The smallest absolute Gasteiger partial charge is 0.305 e. The number of carbonyl (C=O) groups excluding carboxylic acids is 2. The van der Waals surface area contributed by atoms with Gasteiger partial charge in [0.1, 0.15) is 0 Å². The largest absolute Gasteiger partial charge is 0.466 e.